The van der Waals surface area contributed by atoms with Crippen LogP contribution in [0.3, 0.4) is 0 Å². The SMILES string of the molecule is COc1ncc(C#N)cc1-c1ccc(CNS(=O)(=O)c2ccccc2OC(F)(F)F)cc1. The fourth-order valence-corrected chi connectivity index (χ4v) is 3.97. The minimum Gasteiger partial charge on any atom is -0.481 e. The van der Waals surface area contributed by atoms with Gasteiger partial charge in [-0.2, -0.15) is 5.26 Å². The smallest absolute Gasteiger partial charge is 0.481 e. The van der Waals surface area contributed by atoms with Crippen LogP contribution >= 0.6 is 0 Å². The number of halogens is 3. The van der Waals surface area contributed by atoms with Crippen molar-refractivity contribution in [2.24, 2.45) is 0 Å². The normalized spacial score (nSPS) is 11.6. The highest BCUT2D eigenvalue weighted by molar-refractivity contribution is 7.89. The Morgan fingerprint density at radius 1 is 1.12 bits per heavy atom. The van der Waals surface area contributed by atoms with Crippen LogP contribution < -0.4 is 14.2 Å². The second-order valence-electron chi connectivity index (χ2n) is 6.41. The zero-order valence-corrected chi connectivity index (χ0v) is 17.4. The lowest BCUT2D eigenvalue weighted by molar-refractivity contribution is -0.275. The van der Waals surface area contributed by atoms with Gasteiger partial charge in [-0.3, -0.25) is 0 Å². The van der Waals surface area contributed by atoms with Crippen molar-refractivity contribution in [3.8, 4) is 28.8 Å². The highest BCUT2D eigenvalue weighted by Crippen LogP contribution is 2.30. The first-order valence-corrected chi connectivity index (χ1v) is 10.5. The number of nitriles is 1. The summed E-state index contributed by atoms with van der Waals surface area (Å²) in [5, 5.41) is 9.07. The largest absolute Gasteiger partial charge is 0.573 e. The number of para-hydroxylation sites is 1. The van der Waals surface area contributed by atoms with Crippen LogP contribution in [0.15, 0.2) is 65.7 Å². The van der Waals surface area contributed by atoms with E-state index in [9.17, 15) is 21.6 Å². The lowest BCUT2D eigenvalue weighted by Crippen LogP contribution is -2.25. The molecule has 0 aliphatic carbocycles. The molecule has 0 saturated carbocycles. The summed E-state index contributed by atoms with van der Waals surface area (Å²) in [5.74, 6) is -0.501. The van der Waals surface area contributed by atoms with E-state index in [1.165, 1.54) is 25.4 Å². The van der Waals surface area contributed by atoms with E-state index in [0.29, 0.717) is 28.1 Å². The van der Waals surface area contributed by atoms with Gasteiger partial charge in [-0.05, 0) is 29.3 Å². The van der Waals surface area contributed by atoms with Crippen molar-refractivity contribution in [2.45, 2.75) is 17.8 Å². The Labute approximate surface area is 182 Å². The highest BCUT2D eigenvalue weighted by Gasteiger charge is 2.33. The molecule has 0 atom stereocenters. The molecule has 0 spiro atoms. The molecule has 0 fully saturated rings. The second-order valence-corrected chi connectivity index (χ2v) is 8.14. The molecule has 0 unspecified atom stereocenters. The maximum atomic E-state index is 12.6. The first kappa shape index (κ1) is 23.1. The third kappa shape index (κ3) is 5.54. The molecule has 0 radical (unpaired) electrons. The van der Waals surface area contributed by atoms with E-state index in [0.717, 1.165) is 12.1 Å². The van der Waals surface area contributed by atoms with Gasteiger partial charge in [0, 0.05) is 18.3 Å². The molecule has 1 N–H and O–H groups in total. The first-order chi connectivity index (χ1) is 15.1. The summed E-state index contributed by atoms with van der Waals surface area (Å²) in [6, 6.07) is 14.7. The first-order valence-electron chi connectivity index (χ1n) is 9.01. The van der Waals surface area contributed by atoms with Crippen LogP contribution in [0.1, 0.15) is 11.1 Å². The van der Waals surface area contributed by atoms with Crippen LogP contribution in [0.5, 0.6) is 11.6 Å². The van der Waals surface area contributed by atoms with Crippen LogP contribution in [0.2, 0.25) is 0 Å². The fourth-order valence-electron chi connectivity index (χ4n) is 2.82. The van der Waals surface area contributed by atoms with Gasteiger partial charge in [-0.1, -0.05) is 36.4 Å². The summed E-state index contributed by atoms with van der Waals surface area (Å²) >= 11 is 0. The van der Waals surface area contributed by atoms with E-state index < -0.39 is 27.0 Å². The Kier molecular flexibility index (Phi) is 6.67. The van der Waals surface area contributed by atoms with Crippen LogP contribution in [0.25, 0.3) is 11.1 Å². The number of pyridine rings is 1. The van der Waals surface area contributed by atoms with Crippen molar-refractivity contribution in [3.63, 3.8) is 0 Å². The Morgan fingerprint density at radius 2 is 1.81 bits per heavy atom. The lowest BCUT2D eigenvalue weighted by atomic mass is 10.0. The van der Waals surface area contributed by atoms with Crippen molar-refractivity contribution in [3.05, 3.63) is 71.9 Å². The molecule has 0 aliphatic heterocycles. The molecule has 0 amide bonds. The van der Waals surface area contributed by atoms with Crippen molar-refractivity contribution in [1.29, 1.82) is 5.26 Å². The number of nitrogens with zero attached hydrogens (tertiary/aromatic N) is 2. The standard InChI is InChI=1S/C21H16F3N3O4S/c1-30-20-17(10-15(11-25)12-26-20)16-8-6-14(7-9-16)13-27-32(28,29)19-5-3-2-4-18(19)31-21(22,23)24/h2-10,12,27H,13H2,1H3. The zero-order valence-electron chi connectivity index (χ0n) is 16.6. The van der Waals surface area contributed by atoms with Crippen molar-refractivity contribution in [1.82, 2.24) is 9.71 Å². The van der Waals surface area contributed by atoms with Gasteiger partial charge < -0.3 is 9.47 Å². The molecule has 11 heteroatoms. The van der Waals surface area contributed by atoms with E-state index in [1.54, 1.807) is 30.3 Å². The number of aromatic nitrogens is 1. The van der Waals surface area contributed by atoms with Crippen LogP contribution in [-0.2, 0) is 16.6 Å². The quantitative estimate of drug-likeness (QED) is 0.568. The van der Waals surface area contributed by atoms with Crippen LogP contribution in [0.4, 0.5) is 13.2 Å². The number of alkyl halides is 3. The van der Waals surface area contributed by atoms with Crippen LogP contribution in [-0.4, -0.2) is 26.9 Å². The number of rotatable bonds is 7. The molecule has 0 aliphatic rings. The molecule has 3 rings (SSSR count). The zero-order chi connectivity index (χ0) is 23.4. The number of benzene rings is 2. The Morgan fingerprint density at radius 3 is 2.44 bits per heavy atom. The van der Waals surface area contributed by atoms with E-state index in [1.807, 2.05) is 6.07 Å². The van der Waals surface area contributed by atoms with E-state index in [-0.39, 0.29) is 6.54 Å². The highest BCUT2D eigenvalue weighted by atomic mass is 32.2. The van der Waals surface area contributed by atoms with E-state index >= 15 is 0 Å². The van der Waals surface area contributed by atoms with Crippen LogP contribution in [0, 0.1) is 11.3 Å². The third-order valence-corrected chi connectivity index (χ3v) is 5.71. The summed E-state index contributed by atoms with van der Waals surface area (Å²) in [6.07, 6.45) is -3.65. The summed E-state index contributed by atoms with van der Waals surface area (Å²) in [6.45, 7) is -0.170. The van der Waals surface area contributed by atoms with Gasteiger partial charge in [0.1, 0.15) is 16.7 Å². The molecule has 7 nitrogen and oxygen atoms in total. The van der Waals surface area contributed by atoms with Gasteiger partial charge in [0.25, 0.3) is 0 Å². The number of sulfonamides is 1. The summed E-state index contributed by atoms with van der Waals surface area (Å²) in [5.41, 5.74) is 2.16. The maximum absolute atomic E-state index is 12.6. The minimum absolute atomic E-state index is 0.170. The lowest BCUT2D eigenvalue weighted by Gasteiger charge is -2.14. The molecule has 0 bridgehead atoms. The van der Waals surface area contributed by atoms with E-state index in [4.69, 9.17) is 10.00 Å². The van der Waals surface area contributed by atoms with Crippen molar-refractivity contribution in [2.75, 3.05) is 7.11 Å². The molecule has 32 heavy (non-hydrogen) atoms. The molecular formula is C21H16F3N3O4S. The number of hydrogen-bond donors (Lipinski definition) is 1. The predicted octanol–water partition coefficient (Wildman–Crippen LogP) is 4.01. The molecular weight excluding hydrogens is 447 g/mol. The van der Waals surface area contributed by atoms with Crippen molar-refractivity contribution >= 4 is 10.0 Å². The average Bonchev–Trinajstić information content (AvgIpc) is 2.77. The van der Waals surface area contributed by atoms with E-state index in [2.05, 4.69) is 14.4 Å². The number of methoxy groups -OCH3 is 1. The molecule has 1 heterocycles. The number of nitrogens with one attached hydrogen (secondary N) is 1. The second kappa shape index (κ2) is 9.25. The molecule has 166 valence electrons. The van der Waals surface area contributed by atoms with Gasteiger partial charge >= 0.3 is 6.36 Å². The topological polar surface area (TPSA) is 101 Å². The fraction of sp³-hybridized carbons (Fsp3) is 0.143. The summed E-state index contributed by atoms with van der Waals surface area (Å²) < 4.78 is 74.1. The molecule has 0 saturated heterocycles. The van der Waals surface area contributed by atoms with Gasteiger partial charge in [-0.15, -0.1) is 13.2 Å². The molecule has 3 aromatic rings. The Bertz CT molecular complexity index is 1250. The minimum atomic E-state index is -5.03. The maximum Gasteiger partial charge on any atom is 0.573 e. The van der Waals surface area contributed by atoms with Gasteiger partial charge in [0.2, 0.25) is 15.9 Å². The van der Waals surface area contributed by atoms with Gasteiger partial charge in [0.05, 0.1) is 12.7 Å². The van der Waals surface area contributed by atoms with Gasteiger partial charge in [0.15, 0.2) is 0 Å². The van der Waals surface area contributed by atoms with Gasteiger partial charge in [-0.25, -0.2) is 18.1 Å². The molecule has 1 aromatic heterocycles. The Balaban J connectivity index is 1.79. The summed E-state index contributed by atoms with van der Waals surface area (Å²) in [7, 11) is -2.84. The average molecular weight is 463 g/mol. The number of ether oxygens (including phenoxy) is 2. The predicted molar refractivity (Wildman–Crippen MR) is 108 cm³/mol. The monoisotopic (exact) mass is 463 g/mol. The Hall–Kier alpha value is -3.62. The number of hydrogen-bond acceptors (Lipinski definition) is 6. The third-order valence-electron chi connectivity index (χ3n) is 4.27. The summed E-state index contributed by atoms with van der Waals surface area (Å²) in [4.78, 5) is 3.45. The van der Waals surface area contributed by atoms with Crippen molar-refractivity contribution < 1.29 is 31.1 Å². The molecule has 2 aromatic carbocycles.